The molecule has 0 saturated heterocycles. The first-order valence-corrected chi connectivity index (χ1v) is 7.08. The lowest BCUT2D eigenvalue weighted by Gasteiger charge is -2.32. The predicted octanol–water partition coefficient (Wildman–Crippen LogP) is 2.35. The van der Waals surface area contributed by atoms with Crippen LogP contribution in [0, 0.1) is 0 Å². The number of aliphatic carboxylic acids is 1. The summed E-state index contributed by atoms with van der Waals surface area (Å²) in [5.41, 5.74) is 1.71. The van der Waals surface area contributed by atoms with E-state index in [4.69, 9.17) is 0 Å². The number of fused-ring (bicyclic) bond motifs is 1. The number of amides is 2. The van der Waals surface area contributed by atoms with Crippen LogP contribution in [-0.4, -0.2) is 35.1 Å². The maximum Gasteiger partial charge on any atom is 0.317 e. The molecule has 1 unspecified atom stereocenters. The molecule has 0 spiro atoms. The fraction of sp³-hybridized carbons (Fsp3) is 0.375. The van der Waals surface area contributed by atoms with Gasteiger partial charge in [-0.15, -0.1) is 0 Å². The van der Waals surface area contributed by atoms with Gasteiger partial charge in [-0.2, -0.15) is 0 Å². The Morgan fingerprint density at radius 2 is 2.19 bits per heavy atom. The lowest BCUT2D eigenvalue weighted by molar-refractivity contribution is -0.139. The highest BCUT2D eigenvalue weighted by molar-refractivity contribution is 5.80. The van der Waals surface area contributed by atoms with E-state index in [1.165, 1.54) is 0 Å². The molecule has 1 atom stereocenters. The first-order chi connectivity index (χ1) is 10.1. The number of nitrogens with one attached hydrogen (secondary N) is 1. The van der Waals surface area contributed by atoms with Crippen molar-refractivity contribution in [2.75, 3.05) is 13.1 Å². The first kappa shape index (κ1) is 15.1. The highest BCUT2D eigenvalue weighted by atomic mass is 16.4. The Labute approximate surface area is 124 Å². The molecule has 2 amide bonds. The summed E-state index contributed by atoms with van der Waals surface area (Å²) in [6, 6.07) is 7.20. The number of benzene rings is 1. The molecule has 1 aromatic carbocycles. The molecule has 1 aromatic rings. The Hall–Kier alpha value is -2.30. The molecule has 2 N–H and O–H groups in total. The van der Waals surface area contributed by atoms with E-state index < -0.39 is 11.9 Å². The van der Waals surface area contributed by atoms with Crippen molar-refractivity contribution in [1.82, 2.24) is 10.2 Å². The molecule has 21 heavy (non-hydrogen) atoms. The number of rotatable bonds is 4. The number of carboxylic acid groups (broad SMARTS) is 1. The van der Waals surface area contributed by atoms with Gasteiger partial charge in [-0.1, -0.05) is 36.4 Å². The zero-order valence-electron chi connectivity index (χ0n) is 12.1. The standard InChI is InChI=1S/C16H20N2O3/c1-2-3-6-9-17-16(21)18-10-12-7-4-5-8-13(12)14(11-18)15(19)20/h2-5,7-8,14H,6,9-11H2,1H3,(H,17,21)(H,19,20)/b3-2+. The molecular weight excluding hydrogens is 268 g/mol. The number of urea groups is 1. The fourth-order valence-electron chi connectivity index (χ4n) is 2.51. The third-order valence-corrected chi connectivity index (χ3v) is 3.60. The Morgan fingerprint density at radius 3 is 2.90 bits per heavy atom. The minimum absolute atomic E-state index is 0.208. The Bertz CT molecular complexity index is 554. The molecule has 112 valence electrons. The monoisotopic (exact) mass is 288 g/mol. The van der Waals surface area contributed by atoms with Crippen LogP contribution in [0.3, 0.4) is 0 Å². The van der Waals surface area contributed by atoms with Gasteiger partial charge in [0.25, 0.3) is 0 Å². The van der Waals surface area contributed by atoms with Gasteiger partial charge < -0.3 is 15.3 Å². The zero-order chi connectivity index (χ0) is 15.2. The molecule has 5 heteroatoms. The van der Waals surface area contributed by atoms with Crippen LogP contribution in [0.1, 0.15) is 30.4 Å². The summed E-state index contributed by atoms with van der Waals surface area (Å²) in [5, 5.41) is 12.2. The highest BCUT2D eigenvalue weighted by Crippen LogP contribution is 2.28. The summed E-state index contributed by atoms with van der Waals surface area (Å²) >= 11 is 0. The predicted molar refractivity (Wildman–Crippen MR) is 80.1 cm³/mol. The Kier molecular flexibility index (Phi) is 4.98. The third kappa shape index (κ3) is 3.62. The van der Waals surface area contributed by atoms with E-state index in [2.05, 4.69) is 5.32 Å². The Morgan fingerprint density at radius 1 is 1.43 bits per heavy atom. The fourth-order valence-corrected chi connectivity index (χ4v) is 2.51. The van der Waals surface area contributed by atoms with Crippen LogP contribution >= 0.6 is 0 Å². The molecule has 1 aliphatic heterocycles. The molecule has 0 aromatic heterocycles. The van der Waals surface area contributed by atoms with Gasteiger partial charge >= 0.3 is 12.0 Å². The molecule has 0 aliphatic carbocycles. The van der Waals surface area contributed by atoms with Gasteiger partial charge in [0, 0.05) is 19.6 Å². The summed E-state index contributed by atoms with van der Waals surface area (Å²) in [4.78, 5) is 25.1. The van der Waals surface area contributed by atoms with Gasteiger partial charge in [0.05, 0.1) is 5.92 Å². The summed E-state index contributed by atoms with van der Waals surface area (Å²) in [5.74, 6) is -1.55. The maximum absolute atomic E-state index is 12.1. The molecule has 5 nitrogen and oxygen atoms in total. The van der Waals surface area contributed by atoms with E-state index >= 15 is 0 Å². The molecule has 0 saturated carbocycles. The van der Waals surface area contributed by atoms with Crippen LogP contribution in [0.5, 0.6) is 0 Å². The lowest BCUT2D eigenvalue weighted by atomic mass is 9.90. The molecule has 0 radical (unpaired) electrons. The molecule has 0 bridgehead atoms. The van der Waals surface area contributed by atoms with Gasteiger partial charge in [0.15, 0.2) is 0 Å². The van der Waals surface area contributed by atoms with Crippen LogP contribution in [0.4, 0.5) is 4.79 Å². The molecular formula is C16H20N2O3. The van der Waals surface area contributed by atoms with Crippen molar-refractivity contribution in [3.05, 3.63) is 47.5 Å². The van der Waals surface area contributed by atoms with E-state index in [0.29, 0.717) is 13.1 Å². The number of nitrogens with zero attached hydrogens (tertiary/aromatic N) is 1. The maximum atomic E-state index is 12.1. The second-order valence-corrected chi connectivity index (χ2v) is 5.06. The minimum atomic E-state index is -0.895. The SMILES string of the molecule is C/C=C/CCNC(=O)N1Cc2ccccc2C(C(=O)O)C1. The Balaban J connectivity index is 2.07. The second-order valence-electron chi connectivity index (χ2n) is 5.06. The largest absolute Gasteiger partial charge is 0.481 e. The highest BCUT2D eigenvalue weighted by Gasteiger charge is 2.32. The van der Waals surface area contributed by atoms with Crippen molar-refractivity contribution in [1.29, 1.82) is 0 Å². The number of hydrogen-bond donors (Lipinski definition) is 2. The molecule has 1 heterocycles. The van der Waals surface area contributed by atoms with Crippen LogP contribution in [0.15, 0.2) is 36.4 Å². The number of carboxylic acids is 1. The zero-order valence-corrected chi connectivity index (χ0v) is 12.1. The van der Waals surface area contributed by atoms with Gasteiger partial charge in [-0.05, 0) is 24.5 Å². The second kappa shape index (κ2) is 6.92. The van der Waals surface area contributed by atoms with Crippen molar-refractivity contribution in [3.63, 3.8) is 0 Å². The lowest BCUT2D eigenvalue weighted by Crippen LogP contribution is -2.45. The van der Waals surface area contributed by atoms with Gasteiger partial charge in [0.2, 0.25) is 0 Å². The van der Waals surface area contributed by atoms with Crippen molar-refractivity contribution < 1.29 is 14.7 Å². The smallest absolute Gasteiger partial charge is 0.317 e. The van der Waals surface area contributed by atoms with Crippen LogP contribution in [0.2, 0.25) is 0 Å². The van der Waals surface area contributed by atoms with E-state index in [1.807, 2.05) is 43.3 Å². The van der Waals surface area contributed by atoms with Crippen LogP contribution in [-0.2, 0) is 11.3 Å². The minimum Gasteiger partial charge on any atom is -0.481 e. The van der Waals surface area contributed by atoms with Crippen molar-refractivity contribution in [2.45, 2.75) is 25.8 Å². The molecule has 0 fully saturated rings. The summed E-state index contributed by atoms with van der Waals surface area (Å²) < 4.78 is 0. The van der Waals surface area contributed by atoms with Crippen molar-refractivity contribution >= 4 is 12.0 Å². The van der Waals surface area contributed by atoms with Gasteiger partial charge in [-0.3, -0.25) is 4.79 Å². The average Bonchev–Trinajstić information content (AvgIpc) is 2.50. The number of carbonyl (C=O) groups is 2. The normalized spacial score (nSPS) is 17.6. The van der Waals surface area contributed by atoms with E-state index in [1.54, 1.807) is 4.90 Å². The van der Waals surface area contributed by atoms with Crippen LogP contribution < -0.4 is 5.32 Å². The van der Waals surface area contributed by atoms with E-state index in [9.17, 15) is 14.7 Å². The van der Waals surface area contributed by atoms with Gasteiger partial charge in [-0.25, -0.2) is 4.79 Å². The first-order valence-electron chi connectivity index (χ1n) is 7.08. The summed E-state index contributed by atoms with van der Waals surface area (Å²) in [6.45, 7) is 3.15. The van der Waals surface area contributed by atoms with Gasteiger partial charge in [0.1, 0.15) is 0 Å². The summed E-state index contributed by atoms with van der Waals surface area (Å²) in [7, 11) is 0. The van der Waals surface area contributed by atoms with Crippen molar-refractivity contribution in [3.8, 4) is 0 Å². The number of allylic oxidation sites excluding steroid dienone is 1. The average molecular weight is 288 g/mol. The summed E-state index contributed by atoms with van der Waals surface area (Å²) in [6.07, 6.45) is 4.69. The van der Waals surface area contributed by atoms with Crippen molar-refractivity contribution in [2.24, 2.45) is 0 Å². The van der Waals surface area contributed by atoms with Crippen LogP contribution in [0.25, 0.3) is 0 Å². The topological polar surface area (TPSA) is 69.6 Å². The van der Waals surface area contributed by atoms with E-state index in [-0.39, 0.29) is 12.6 Å². The quantitative estimate of drug-likeness (QED) is 0.660. The molecule has 1 aliphatic rings. The third-order valence-electron chi connectivity index (χ3n) is 3.60. The number of hydrogen-bond acceptors (Lipinski definition) is 2. The molecule has 2 rings (SSSR count). The number of carbonyl (C=O) groups excluding carboxylic acids is 1. The van der Waals surface area contributed by atoms with E-state index in [0.717, 1.165) is 17.5 Å².